The SMILES string of the molecule is FS(F)(F)(F)(F)c1ccc(-c2nc3c(cnc4[nH]ccc43)[nH]2)cc1. The van der Waals surface area contributed by atoms with Crippen molar-refractivity contribution in [3.05, 3.63) is 42.7 Å². The molecular formula is C14H9F5N4S. The maximum absolute atomic E-state index is 12.8. The van der Waals surface area contributed by atoms with E-state index >= 15 is 0 Å². The van der Waals surface area contributed by atoms with Crippen LogP contribution >= 0.6 is 10.2 Å². The van der Waals surface area contributed by atoms with Crippen LogP contribution < -0.4 is 0 Å². The highest BCUT2D eigenvalue weighted by atomic mass is 32.5. The van der Waals surface area contributed by atoms with Gasteiger partial charge in [0, 0.05) is 17.1 Å². The minimum absolute atomic E-state index is 0.264. The number of rotatable bonds is 2. The van der Waals surface area contributed by atoms with Crippen molar-refractivity contribution in [1.29, 1.82) is 0 Å². The highest BCUT2D eigenvalue weighted by molar-refractivity contribution is 8.45. The Kier molecular flexibility index (Phi) is 2.42. The number of hydrogen-bond acceptors (Lipinski definition) is 2. The van der Waals surface area contributed by atoms with E-state index in [0.29, 0.717) is 28.8 Å². The molecule has 126 valence electrons. The van der Waals surface area contributed by atoms with Crippen molar-refractivity contribution in [3.63, 3.8) is 0 Å². The van der Waals surface area contributed by atoms with E-state index in [0.717, 1.165) is 17.5 Å². The predicted octanol–water partition coefficient (Wildman–Crippen LogP) is 5.76. The van der Waals surface area contributed by atoms with Gasteiger partial charge in [-0.3, -0.25) is 0 Å². The second kappa shape index (κ2) is 3.89. The Balaban J connectivity index is 1.83. The molecule has 0 bridgehead atoms. The van der Waals surface area contributed by atoms with E-state index in [1.807, 2.05) is 0 Å². The van der Waals surface area contributed by atoms with Gasteiger partial charge in [-0.15, -0.1) is 0 Å². The first-order valence-electron chi connectivity index (χ1n) is 6.68. The summed E-state index contributed by atoms with van der Waals surface area (Å²) < 4.78 is 63.8. The Morgan fingerprint density at radius 1 is 0.917 bits per heavy atom. The van der Waals surface area contributed by atoms with Crippen molar-refractivity contribution < 1.29 is 19.4 Å². The number of nitrogens with one attached hydrogen (secondary N) is 2. The van der Waals surface area contributed by atoms with Gasteiger partial charge in [-0.25, -0.2) is 9.97 Å². The molecular weight excluding hydrogens is 351 g/mol. The van der Waals surface area contributed by atoms with Crippen LogP contribution in [0.3, 0.4) is 0 Å². The summed E-state index contributed by atoms with van der Waals surface area (Å²) in [6.07, 6.45) is 3.22. The van der Waals surface area contributed by atoms with Crippen LogP contribution in [0.4, 0.5) is 19.4 Å². The van der Waals surface area contributed by atoms with Crippen LogP contribution in [0.5, 0.6) is 0 Å². The van der Waals surface area contributed by atoms with Gasteiger partial charge in [-0.05, 0) is 30.3 Å². The lowest BCUT2D eigenvalue weighted by Gasteiger charge is -2.40. The van der Waals surface area contributed by atoms with Crippen LogP contribution in [-0.2, 0) is 0 Å². The Labute approximate surface area is 131 Å². The van der Waals surface area contributed by atoms with Crippen molar-refractivity contribution in [2.75, 3.05) is 0 Å². The topological polar surface area (TPSA) is 57.4 Å². The molecule has 0 amide bonds. The van der Waals surface area contributed by atoms with Gasteiger partial charge in [0.25, 0.3) is 0 Å². The van der Waals surface area contributed by atoms with Gasteiger partial charge in [0.1, 0.15) is 21.9 Å². The zero-order valence-electron chi connectivity index (χ0n) is 11.7. The molecule has 0 saturated carbocycles. The van der Waals surface area contributed by atoms with Gasteiger partial charge >= 0.3 is 10.2 Å². The summed E-state index contributed by atoms with van der Waals surface area (Å²) in [5.74, 6) is 0.272. The average Bonchev–Trinajstić information content (AvgIpc) is 3.10. The maximum Gasteiger partial charge on any atom is 0.310 e. The first-order chi connectivity index (χ1) is 11.0. The molecule has 4 nitrogen and oxygen atoms in total. The second-order valence-corrected chi connectivity index (χ2v) is 7.75. The minimum atomic E-state index is -9.67. The van der Waals surface area contributed by atoms with Gasteiger partial charge in [0.05, 0.1) is 11.7 Å². The molecule has 24 heavy (non-hydrogen) atoms. The number of aromatic amines is 2. The Hall–Kier alpha value is -2.62. The molecule has 0 aliphatic heterocycles. The van der Waals surface area contributed by atoms with Gasteiger partial charge in [-0.2, -0.15) is 0 Å². The maximum atomic E-state index is 12.8. The smallest absolute Gasteiger partial charge is 0.310 e. The van der Waals surface area contributed by atoms with Crippen LogP contribution in [0.15, 0.2) is 47.6 Å². The van der Waals surface area contributed by atoms with Crippen molar-refractivity contribution in [2.24, 2.45) is 0 Å². The molecule has 0 aliphatic carbocycles. The monoisotopic (exact) mass is 360 g/mol. The number of pyridine rings is 1. The van der Waals surface area contributed by atoms with Gasteiger partial charge in [-0.1, -0.05) is 19.4 Å². The summed E-state index contributed by atoms with van der Waals surface area (Å²) in [5.41, 5.74) is 2.07. The molecule has 0 radical (unpaired) electrons. The van der Waals surface area contributed by atoms with E-state index in [4.69, 9.17) is 0 Å². The molecule has 0 unspecified atom stereocenters. The lowest BCUT2D eigenvalue weighted by molar-refractivity contribution is 0.364. The van der Waals surface area contributed by atoms with Gasteiger partial charge in [0.2, 0.25) is 0 Å². The number of halogens is 5. The third kappa shape index (κ3) is 2.39. The van der Waals surface area contributed by atoms with Crippen molar-refractivity contribution in [2.45, 2.75) is 4.90 Å². The number of benzene rings is 1. The van der Waals surface area contributed by atoms with Crippen molar-refractivity contribution in [3.8, 4) is 11.4 Å². The fourth-order valence-electron chi connectivity index (χ4n) is 2.48. The highest BCUT2D eigenvalue weighted by Crippen LogP contribution is 3.02. The number of fused-ring (bicyclic) bond motifs is 3. The number of nitrogens with zero attached hydrogens (tertiary/aromatic N) is 2. The molecule has 4 aromatic rings. The molecule has 0 fully saturated rings. The van der Waals surface area contributed by atoms with Crippen LogP contribution in [0, 0.1) is 0 Å². The molecule has 2 N–H and O–H groups in total. The first-order valence-corrected chi connectivity index (χ1v) is 8.63. The Morgan fingerprint density at radius 3 is 2.29 bits per heavy atom. The summed E-state index contributed by atoms with van der Waals surface area (Å²) >= 11 is 0. The van der Waals surface area contributed by atoms with Crippen LogP contribution in [-0.4, -0.2) is 19.9 Å². The van der Waals surface area contributed by atoms with Gasteiger partial charge < -0.3 is 9.97 Å². The number of aromatic nitrogens is 4. The van der Waals surface area contributed by atoms with E-state index < -0.39 is 15.1 Å². The molecule has 1 aromatic carbocycles. The third-order valence-electron chi connectivity index (χ3n) is 3.61. The first kappa shape index (κ1) is 14.9. The molecule has 10 heteroatoms. The summed E-state index contributed by atoms with van der Waals surface area (Å²) in [5, 5.41) is 0.749. The number of H-pyrrole nitrogens is 2. The average molecular weight is 360 g/mol. The summed E-state index contributed by atoms with van der Waals surface area (Å²) in [6.45, 7) is 0. The molecule has 0 atom stereocenters. The van der Waals surface area contributed by atoms with Crippen molar-refractivity contribution in [1.82, 2.24) is 19.9 Å². The van der Waals surface area contributed by atoms with Crippen LogP contribution in [0.25, 0.3) is 33.5 Å². The zero-order valence-corrected chi connectivity index (χ0v) is 12.6. The summed E-state index contributed by atoms with van der Waals surface area (Å²) in [6, 6.07) is 4.44. The predicted molar refractivity (Wildman–Crippen MR) is 82.6 cm³/mol. The quantitative estimate of drug-likeness (QED) is 0.446. The lowest BCUT2D eigenvalue weighted by atomic mass is 10.2. The normalized spacial score (nSPS) is 15.5. The molecule has 4 rings (SSSR count). The Morgan fingerprint density at radius 2 is 1.62 bits per heavy atom. The highest BCUT2D eigenvalue weighted by Gasteiger charge is 2.65. The standard InChI is InChI=1S/C14H9F5N4S/c15-24(16,17,18,19)9-3-1-8(2-4-9)13-22-11-7-21-14-10(5-6-20-14)12(11)23-13/h1-7H,(H,20,21)(H,22,23). The molecule has 0 aliphatic rings. The van der Waals surface area contributed by atoms with E-state index in [2.05, 4.69) is 19.9 Å². The van der Waals surface area contributed by atoms with E-state index in [-0.39, 0.29) is 11.4 Å². The Bertz CT molecular complexity index is 1080. The number of imidazole rings is 1. The van der Waals surface area contributed by atoms with Crippen molar-refractivity contribution >= 4 is 32.3 Å². The molecule has 3 aromatic heterocycles. The third-order valence-corrected chi connectivity index (χ3v) is 4.77. The zero-order chi connectivity index (χ0) is 17.2. The molecule has 0 spiro atoms. The van der Waals surface area contributed by atoms with E-state index in [1.54, 1.807) is 12.3 Å². The number of hydrogen-bond donors (Lipinski definition) is 2. The molecule has 3 heterocycles. The van der Waals surface area contributed by atoms with Gasteiger partial charge in [0.15, 0.2) is 0 Å². The fraction of sp³-hybridized carbons (Fsp3) is 0. The van der Waals surface area contributed by atoms with E-state index in [1.165, 1.54) is 6.20 Å². The summed E-state index contributed by atoms with van der Waals surface area (Å²) in [7, 11) is -9.67. The lowest BCUT2D eigenvalue weighted by Crippen LogP contribution is -2.05. The van der Waals surface area contributed by atoms with Crippen LogP contribution in [0.2, 0.25) is 0 Å². The van der Waals surface area contributed by atoms with E-state index in [9.17, 15) is 19.4 Å². The molecule has 0 saturated heterocycles. The minimum Gasteiger partial charge on any atom is -0.346 e. The summed E-state index contributed by atoms with van der Waals surface area (Å²) in [4.78, 5) is 12.4. The van der Waals surface area contributed by atoms with Crippen LogP contribution in [0.1, 0.15) is 0 Å². The largest absolute Gasteiger partial charge is 0.346 e. The fourth-order valence-corrected chi connectivity index (χ4v) is 3.13. The second-order valence-electron chi connectivity index (χ2n) is 5.34.